The zero-order valence-corrected chi connectivity index (χ0v) is 10.7. The molecule has 0 heterocycles. The summed E-state index contributed by atoms with van der Waals surface area (Å²) in [6.45, 7) is 1.94. The van der Waals surface area contributed by atoms with Gasteiger partial charge in [-0.15, -0.1) is 11.6 Å². The maximum absolute atomic E-state index is 11.6. The summed E-state index contributed by atoms with van der Waals surface area (Å²) in [7, 11) is 0. The summed E-state index contributed by atoms with van der Waals surface area (Å²) in [4.78, 5) is 11.6. The molecule has 1 aromatic rings. The molecule has 0 saturated carbocycles. The van der Waals surface area contributed by atoms with Crippen molar-refractivity contribution in [1.29, 1.82) is 0 Å². The van der Waals surface area contributed by atoms with Crippen LogP contribution in [0, 0.1) is 0 Å². The van der Waals surface area contributed by atoms with E-state index in [1.54, 1.807) is 12.1 Å². The molecule has 0 aromatic heterocycles. The van der Waals surface area contributed by atoms with Crippen molar-refractivity contribution < 1.29 is 4.79 Å². The van der Waals surface area contributed by atoms with Crippen molar-refractivity contribution in [3.8, 4) is 0 Å². The van der Waals surface area contributed by atoms with Crippen LogP contribution >= 0.6 is 23.2 Å². The van der Waals surface area contributed by atoms with Crippen LogP contribution in [0.4, 0.5) is 0 Å². The second kappa shape index (κ2) is 6.77. The highest BCUT2D eigenvalue weighted by atomic mass is 35.5. The molecule has 0 fully saturated rings. The molecule has 16 heavy (non-hydrogen) atoms. The molecule has 0 radical (unpaired) electrons. The number of hydrogen-bond donors (Lipinski definition) is 1. The Balaban J connectivity index is 2.45. The van der Waals surface area contributed by atoms with Gasteiger partial charge in [-0.2, -0.15) is 0 Å². The molecule has 0 aliphatic rings. The maximum Gasteiger partial charge on any atom is 0.224 e. The summed E-state index contributed by atoms with van der Waals surface area (Å²) in [5.74, 6) is 0.554. The van der Waals surface area contributed by atoms with E-state index in [-0.39, 0.29) is 11.9 Å². The number of hydrogen-bond acceptors (Lipinski definition) is 1. The van der Waals surface area contributed by atoms with E-state index in [0.717, 1.165) is 12.0 Å². The topological polar surface area (TPSA) is 29.1 Å². The van der Waals surface area contributed by atoms with Crippen LogP contribution in [0.25, 0.3) is 0 Å². The summed E-state index contributed by atoms with van der Waals surface area (Å²) >= 11 is 11.4. The summed E-state index contributed by atoms with van der Waals surface area (Å²) < 4.78 is 0. The monoisotopic (exact) mass is 259 g/mol. The molecular weight excluding hydrogens is 245 g/mol. The van der Waals surface area contributed by atoms with E-state index in [1.807, 2.05) is 19.1 Å². The molecule has 1 atom stereocenters. The first-order valence-electron chi connectivity index (χ1n) is 5.21. The molecule has 1 N–H and O–H groups in total. The number of carbonyl (C=O) groups excluding carboxylic acids is 1. The van der Waals surface area contributed by atoms with E-state index >= 15 is 0 Å². The minimum absolute atomic E-state index is 0.000108. The summed E-state index contributed by atoms with van der Waals surface area (Å²) in [5.41, 5.74) is 0.920. The van der Waals surface area contributed by atoms with Gasteiger partial charge in [0.25, 0.3) is 0 Å². The second-order valence-electron chi connectivity index (χ2n) is 3.75. The van der Waals surface area contributed by atoms with Crippen molar-refractivity contribution in [1.82, 2.24) is 5.32 Å². The molecule has 0 spiro atoms. The number of alkyl halides is 1. The lowest BCUT2D eigenvalue weighted by Crippen LogP contribution is -2.33. The highest BCUT2D eigenvalue weighted by molar-refractivity contribution is 6.30. The van der Waals surface area contributed by atoms with Crippen LogP contribution in [0.15, 0.2) is 24.3 Å². The number of amides is 1. The molecule has 4 heteroatoms. The van der Waals surface area contributed by atoms with Gasteiger partial charge in [-0.25, -0.2) is 0 Å². The Labute approximate surface area is 106 Å². The van der Waals surface area contributed by atoms with Crippen LogP contribution in [-0.4, -0.2) is 17.8 Å². The zero-order chi connectivity index (χ0) is 12.0. The van der Waals surface area contributed by atoms with E-state index in [0.29, 0.717) is 17.3 Å². The number of benzene rings is 1. The van der Waals surface area contributed by atoms with Gasteiger partial charge < -0.3 is 5.32 Å². The van der Waals surface area contributed by atoms with Gasteiger partial charge in [0.2, 0.25) is 5.91 Å². The predicted octanol–water partition coefficient (Wildman–Crippen LogP) is 3.02. The normalized spacial score (nSPS) is 12.2. The highest BCUT2D eigenvalue weighted by Crippen LogP contribution is 2.11. The number of rotatable bonds is 5. The Morgan fingerprint density at radius 1 is 1.50 bits per heavy atom. The van der Waals surface area contributed by atoms with Crippen molar-refractivity contribution in [2.75, 3.05) is 5.88 Å². The third-order valence-electron chi connectivity index (χ3n) is 2.20. The molecule has 88 valence electrons. The van der Waals surface area contributed by atoms with E-state index in [4.69, 9.17) is 23.2 Å². The fourth-order valence-corrected chi connectivity index (χ4v) is 1.93. The third kappa shape index (κ3) is 4.86. The Morgan fingerprint density at radius 3 is 2.88 bits per heavy atom. The Morgan fingerprint density at radius 2 is 2.25 bits per heavy atom. The number of nitrogens with one attached hydrogen (secondary N) is 1. The molecule has 1 amide bonds. The van der Waals surface area contributed by atoms with Crippen LogP contribution in [0.3, 0.4) is 0 Å². The van der Waals surface area contributed by atoms with Gasteiger partial charge in [-0.1, -0.05) is 23.7 Å². The van der Waals surface area contributed by atoms with E-state index < -0.39 is 0 Å². The first-order valence-corrected chi connectivity index (χ1v) is 6.13. The SMILES string of the molecule is CC(CCCl)NC(=O)Cc1cccc(Cl)c1. The van der Waals surface area contributed by atoms with Gasteiger partial charge >= 0.3 is 0 Å². The van der Waals surface area contributed by atoms with Crippen molar-refractivity contribution in [2.45, 2.75) is 25.8 Å². The lowest BCUT2D eigenvalue weighted by molar-refractivity contribution is -0.121. The minimum atomic E-state index is -0.000108. The molecule has 1 rings (SSSR count). The zero-order valence-electron chi connectivity index (χ0n) is 9.17. The average Bonchev–Trinajstić information content (AvgIpc) is 2.17. The molecule has 0 aliphatic heterocycles. The van der Waals surface area contributed by atoms with Crippen molar-refractivity contribution in [2.24, 2.45) is 0 Å². The Bertz CT molecular complexity index is 355. The van der Waals surface area contributed by atoms with Crippen molar-refractivity contribution in [3.63, 3.8) is 0 Å². The largest absolute Gasteiger partial charge is 0.353 e. The Hall–Kier alpha value is -0.730. The fraction of sp³-hybridized carbons (Fsp3) is 0.417. The van der Waals surface area contributed by atoms with Gasteiger partial charge in [-0.3, -0.25) is 4.79 Å². The molecule has 0 saturated heterocycles. The van der Waals surface area contributed by atoms with Crippen LogP contribution in [0.2, 0.25) is 5.02 Å². The van der Waals surface area contributed by atoms with Gasteiger partial charge in [-0.05, 0) is 31.0 Å². The van der Waals surface area contributed by atoms with E-state index in [9.17, 15) is 4.79 Å². The quantitative estimate of drug-likeness (QED) is 0.810. The molecular formula is C12H15Cl2NO. The van der Waals surface area contributed by atoms with Gasteiger partial charge in [0.1, 0.15) is 0 Å². The van der Waals surface area contributed by atoms with E-state index in [2.05, 4.69) is 5.32 Å². The molecule has 1 aromatic carbocycles. The van der Waals surface area contributed by atoms with E-state index in [1.165, 1.54) is 0 Å². The smallest absolute Gasteiger partial charge is 0.224 e. The van der Waals surface area contributed by atoms with Gasteiger partial charge in [0.15, 0.2) is 0 Å². The number of halogens is 2. The molecule has 0 bridgehead atoms. The fourth-order valence-electron chi connectivity index (χ4n) is 1.39. The maximum atomic E-state index is 11.6. The third-order valence-corrected chi connectivity index (χ3v) is 2.66. The molecule has 0 aliphatic carbocycles. The van der Waals surface area contributed by atoms with Gasteiger partial charge in [0.05, 0.1) is 6.42 Å². The average molecular weight is 260 g/mol. The Kier molecular flexibility index (Phi) is 5.64. The number of carbonyl (C=O) groups is 1. The van der Waals surface area contributed by atoms with Gasteiger partial charge in [0, 0.05) is 16.9 Å². The lowest BCUT2D eigenvalue weighted by Gasteiger charge is -2.12. The second-order valence-corrected chi connectivity index (χ2v) is 4.57. The van der Waals surface area contributed by atoms with Crippen LogP contribution in [0.1, 0.15) is 18.9 Å². The van der Waals surface area contributed by atoms with Crippen molar-refractivity contribution >= 4 is 29.1 Å². The first kappa shape index (κ1) is 13.3. The summed E-state index contributed by atoms with van der Waals surface area (Å²) in [6.07, 6.45) is 1.13. The minimum Gasteiger partial charge on any atom is -0.353 e. The molecule has 1 unspecified atom stereocenters. The predicted molar refractivity (Wildman–Crippen MR) is 68.1 cm³/mol. The summed E-state index contributed by atoms with van der Waals surface area (Å²) in [5, 5.41) is 3.53. The highest BCUT2D eigenvalue weighted by Gasteiger charge is 2.07. The molecule has 2 nitrogen and oxygen atoms in total. The summed E-state index contributed by atoms with van der Waals surface area (Å²) in [6, 6.07) is 7.43. The lowest BCUT2D eigenvalue weighted by atomic mass is 10.1. The standard InChI is InChI=1S/C12H15Cl2NO/c1-9(5-6-13)15-12(16)8-10-3-2-4-11(14)7-10/h2-4,7,9H,5-6,8H2,1H3,(H,15,16). The first-order chi connectivity index (χ1) is 7.61. The van der Waals surface area contributed by atoms with Crippen LogP contribution < -0.4 is 5.32 Å². The van der Waals surface area contributed by atoms with Crippen LogP contribution in [-0.2, 0) is 11.2 Å². The van der Waals surface area contributed by atoms with Crippen molar-refractivity contribution in [3.05, 3.63) is 34.9 Å². The van der Waals surface area contributed by atoms with Crippen LogP contribution in [0.5, 0.6) is 0 Å².